The first-order valence-corrected chi connectivity index (χ1v) is 9.63. The van der Waals surface area contributed by atoms with Gasteiger partial charge in [-0.3, -0.25) is 3.07 Å². The van der Waals surface area contributed by atoms with E-state index in [2.05, 4.69) is 27.9 Å². The summed E-state index contributed by atoms with van der Waals surface area (Å²) in [7, 11) is 0. The van der Waals surface area contributed by atoms with Crippen molar-refractivity contribution in [1.29, 1.82) is 0 Å². The minimum absolute atomic E-state index is 0.297. The molecule has 1 N–H and O–H groups in total. The third-order valence-corrected chi connectivity index (χ3v) is 3.78. The summed E-state index contributed by atoms with van der Waals surface area (Å²) in [5.74, 6) is 0. The van der Waals surface area contributed by atoms with Gasteiger partial charge in [0.15, 0.2) is 21.2 Å². The van der Waals surface area contributed by atoms with E-state index in [-0.39, 0.29) is 0 Å². The molecule has 0 saturated heterocycles. The molecule has 0 aromatic rings. The van der Waals surface area contributed by atoms with E-state index in [4.69, 9.17) is 9.47 Å². The number of rotatable bonds is 13. The summed E-state index contributed by atoms with van der Waals surface area (Å²) in [5, 5.41) is 3.36. The van der Waals surface area contributed by atoms with Crippen LogP contribution in [0.3, 0.4) is 0 Å². The van der Waals surface area contributed by atoms with E-state index >= 15 is 0 Å². The van der Waals surface area contributed by atoms with Gasteiger partial charge >= 0.3 is 0 Å². The molecule has 1 unspecified atom stereocenters. The van der Waals surface area contributed by atoms with E-state index < -0.39 is 21.2 Å². The molecule has 0 fully saturated rings. The van der Waals surface area contributed by atoms with Crippen LogP contribution in [0, 0.1) is 0 Å². The van der Waals surface area contributed by atoms with Crippen LogP contribution < -0.4 is 5.32 Å². The molecule has 0 radical (unpaired) electrons. The fourth-order valence-corrected chi connectivity index (χ4v) is 3.18. The van der Waals surface area contributed by atoms with Gasteiger partial charge in [-0.15, -0.1) is 0 Å². The van der Waals surface area contributed by atoms with E-state index in [1.54, 1.807) is 4.08 Å². The molecule has 0 bridgehead atoms. The van der Waals surface area contributed by atoms with Crippen LogP contribution in [-0.2, 0) is 12.5 Å². The fourth-order valence-electron chi connectivity index (χ4n) is 1.29. The zero-order valence-electron chi connectivity index (χ0n) is 10.9. The highest BCUT2D eigenvalue weighted by Gasteiger charge is 1.96. The Balaban J connectivity index is 3.11. The van der Waals surface area contributed by atoms with Gasteiger partial charge in [-0.05, 0) is 32.4 Å². The minimum atomic E-state index is -0.961. The van der Waals surface area contributed by atoms with Gasteiger partial charge in [0.25, 0.3) is 0 Å². The van der Waals surface area contributed by atoms with Crippen molar-refractivity contribution in [3.63, 3.8) is 0 Å². The number of hydrogen-bond acceptors (Lipinski definition) is 4. The maximum atomic E-state index is 10.3. The Morgan fingerprint density at radius 1 is 1.28 bits per heavy atom. The molecule has 0 aliphatic carbocycles. The normalized spacial score (nSPS) is 13.2. The predicted molar refractivity (Wildman–Crippen MR) is 90.6 cm³/mol. The van der Waals surface area contributed by atoms with Crippen LogP contribution in [0.4, 0.5) is 0 Å². The first kappa shape index (κ1) is 18.9. The molecule has 0 aliphatic rings. The zero-order chi connectivity index (χ0) is 13.5. The first-order chi connectivity index (χ1) is 8.81. The van der Waals surface area contributed by atoms with E-state index in [0.29, 0.717) is 17.4 Å². The molecule has 1 atom stereocenters. The van der Waals surface area contributed by atoms with Gasteiger partial charge in [0.2, 0.25) is 0 Å². The van der Waals surface area contributed by atoms with Crippen molar-refractivity contribution >= 4 is 43.8 Å². The largest absolute Gasteiger partial charge is 0.356 e. The third-order valence-electron chi connectivity index (χ3n) is 2.22. The number of unbranched alkanes of at least 4 members (excludes halogenated alkanes) is 3. The predicted octanol–water partition coefficient (Wildman–Crippen LogP) is 3.74. The Hall–Kier alpha value is 0.880. The third kappa shape index (κ3) is 14.9. The second-order valence-corrected chi connectivity index (χ2v) is 6.27. The molecule has 0 aromatic carbocycles. The van der Waals surface area contributed by atoms with Crippen molar-refractivity contribution in [2.45, 2.75) is 36.7 Å². The Bertz CT molecular complexity index is 215. The zero-order valence-corrected chi connectivity index (χ0v) is 15.2. The Labute approximate surface area is 134 Å². The van der Waals surface area contributed by atoms with Gasteiger partial charge in [-0.1, -0.05) is 35.4 Å². The second kappa shape index (κ2) is 15.9. The average molecular weight is 483 g/mol. The van der Waals surface area contributed by atoms with Gasteiger partial charge in [0.1, 0.15) is 6.79 Å². The number of hydrogen-bond donors (Lipinski definition) is 1. The Morgan fingerprint density at radius 3 is 2.78 bits per heavy atom. The standard InChI is InChI=1S/C12H23I2NO3/c1-2-17-11-18-10-6-4-3-5-9-15-12(13)7-8-14-16/h7-8,12,15H,2-6,9-11H2,1H3/b8-7-. The van der Waals surface area contributed by atoms with Crippen LogP contribution in [0.15, 0.2) is 10.2 Å². The molecule has 0 heterocycles. The fraction of sp³-hybridized carbons (Fsp3) is 0.833. The second-order valence-electron chi connectivity index (χ2n) is 3.70. The molecule has 4 nitrogen and oxygen atoms in total. The van der Waals surface area contributed by atoms with E-state index in [9.17, 15) is 3.07 Å². The first-order valence-electron chi connectivity index (χ1n) is 6.26. The lowest BCUT2D eigenvalue weighted by molar-refractivity contribution is -0.0502. The van der Waals surface area contributed by atoms with Crippen LogP contribution in [-0.4, -0.2) is 30.6 Å². The van der Waals surface area contributed by atoms with Gasteiger partial charge < -0.3 is 14.8 Å². The monoisotopic (exact) mass is 483 g/mol. The van der Waals surface area contributed by atoms with E-state index in [1.807, 2.05) is 13.0 Å². The lowest BCUT2D eigenvalue weighted by Gasteiger charge is -2.07. The van der Waals surface area contributed by atoms with Crippen LogP contribution >= 0.6 is 43.8 Å². The number of nitrogens with one attached hydrogen (secondary N) is 1. The van der Waals surface area contributed by atoms with Crippen molar-refractivity contribution in [1.82, 2.24) is 5.32 Å². The lowest BCUT2D eigenvalue weighted by atomic mass is 10.2. The topological polar surface area (TPSA) is 47.6 Å². The molecule has 0 spiro atoms. The van der Waals surface area contributed by atoms with Crippen LogP contribution in [0.1, 0.15) is 32.6 Å². The van der Waals surface area contributed by atoms with E-state index in [1.165, 1.54) is 19.3 Å². The summed E-state index contributed by atoms with van der Waals surface area (Å²) in [6.45, 7) is 4.90. The molecule has 0 saturated carbocycles. The quantitative estimate of drug-likeness (QED) is 0.143. The molecular formula is C12H23I2NO3. The average Bonchev–Trinajstić information content (AvgIpc) is 2.38. The molecule has 0 amide bonds. The summed E-state index contributed by atoms with van der Waals surface area (Å²) >= 11 is 1.34. The van der Waals surface area contributed by atoms with Crippen molar-refractivity contribution in [3.05, 3.63) is 10.2 Å². The summed E-state index contributed by atoms with van der Waals surface area (Å²) in [4.78, 5) is 0. The smallest absolute Gasteiger partial charge is 0.173 e. The molecule has 6 heteroatoms. The highest BCUT2D eigenvalue weighted by Crippen LogP contribution is 2.04. The molecule has 0 aliphatic heterocycles. The van der Waals surface area contributed by atoms with Gasteiger partial charge in [0.05, 0.1) is 4.05 Å². The van der Waals surface area contributed by atoms with Gasteiger partial charge in [-0.25, -0.2) is 0 Å². The molecule has 0 aromatic heterocycles. The number of ether oxygens (including phenoxy) is 2. The summed E-state index contributed by atoms with van der Waals surface area (Å²) in [6, 6.07) is 0. The Kier molecular flexibility index (Phi) is 16.7. The van der Waals surface area contributed by atoms with Crippen molar-refractivity contribution in [2.24, 2.45) is 0 Å². The summed E-state index contributed by atoms with van der Waals surface area (Å²) < 4.78 is 22.8. The van der Waals surface area contributed by atoms with Gasteiger partial charge in [-0.2, -0.15) is 0 Å². The summed E-state index contributed by atoms with van der Waals surface area (Å²) in [6.07, 6.45) is 6.64. The van der Waals surface area contributed by atoms with Crippen molar-refractivity contribution in [3.8, 4) is 0 Å². The van der Waals surface area contributed by atoms with Crippen LogP contribution in [0.25, 0.3) is 0 Å². The maximum Gasteiger partial charge on any atom is 0.173 e. The van der Waals surface area contributed by atoms with Crippen LogP contribution in [0.5, 0.6) is 0 Å². The SMILES string of the molecule is CCOCOCCCCCCNC(I)/C=C\I=O. The highest BCUT2D eigenvalue weighted by atomic mass is 127. The molecular weight excluding hydrogens is 460 g/mol. The number of halogens is 2. The van der Waals surface area contributed by atoms with Crippen molar-refractivity contribution in [2.75, 3.05) is 26.6 Å². The molecule has 18 heavy (non-hydrogen) atoms. The summed E-state index contributed by atoms with van der Waals surface area (Å²) in [5.41, 5.74) is 0. The van der Waals surface area contributed by atoms with E-state index in [0.717, 1.165) is 19.6 Å². The maximum absolute atomic E-state index is 10.3. The highest BCUT2D eigenvalue weighted by molar-refractivity contribution is 14.2. The Morgan fingerprint density at radius 2 is 2.06 bits per heavy atom. The molecule has 0 rings (SSSR count). The lowest BCUT2D eigenvalue weighted by Crippen LogP contribution is -2.22. The molecule has 108 valence electrons. The van der Waals surface area contributed by atoms with Crippen LogP contribution in [0.2, 0.25) is 0 Å². The minimum Gasteiger partial charge on any atom is -0.356 e. The van der Waals surface area contributed by atoms with Crippen molar-refractivity contribution < 1.29 is 12.5 Å². The van der Waals surface area contributed by atoms with Gasteiger partial charge in [0, 0.05) is 17.3 Å². The number of alkyl halides is 1.